The number of carbonyl (C=O) groups is 1. The second kappa shape index (κ2) is 7.27. The van der Waals surface area contributed by atoms with Crippen molar-refractivity contribution < 1.29 is 13.2 Å². The molecule has 0 spiro atoms. The number of hydrogen-bond acceptors (Lipinski definition) is 3. The van der Waals surface area contributed by atoms with Gasteiger partial charge in [0.1, 0.15) is 0 Å². The van der Waals surface area contributed by atoms with Crippen molar-refractivity contribution in [3.63, 3.8) is 0 Å². The second-order valence-corrected chi connectivity index (χ2v) is 8.90. The van der Waals surface area contributed by atoms with E-state index in [-0.39, 0.29) is 22.8 Å². The van der Waals surface area contributed by atoms with Crippen molar-refractivity contribution in [1.82, 2.24) is 5.32 Å². The quantitative estimate of drug-likeness (QED) is 0.891. The molecule has 0 bridgehead atoms. The Hall–Kier alpha value is -2.34. The van der Waals surface area contributed by atoms with Gasteiger partial charge in [0.25, 0.3) is 10.0 Å². The van der Waals surface area contributed by atoms with Crippen molar-refractivity contribution in [1.29, 1.82) is 0 Å². The van der Waals surface area contributed by atoms with Gasteiger partial charge in [-0.3, -0.25) is 9.10 Å². The number of carbonyl (C=O) groups excluding carboxylic acids is 1. The monoisotopic (exact) mass is 360 g/mol. The maximum atomic E-state index is 12.6. The molecular weight excluding hydrogens is 336 g/mol. The number of nitrogens with one attached hydrogen (secondary N) is 1. The third-order valence-electron chi connectivity index (χ3n) is 3.58. The van der Waals surface area contributed by atoms with Crippen LogP contribution in [-0.4, -0.2) is 26.9 Å². The average Bonchev–Trinajstić information content (AvgIpc) is 2.54. The van der Waals surface area contributed by atoms with Gasteiger partial charge in [0.15, 0.2) is 0 Å². The van der Waals surface area contributed by atoms with Crippen molar-refractivity contribution >= 4 is 21.6 Å². The van der Waals surface area contributed by atoms with Gasteiger partial charge >= 0.3 is 0 Å². The molecule has 2 aromatic rings. The Kier molecular flexibility index (Phi) is 5.52. The van der Waals surface area contributed by atoms with Crippen LogP contribution in [0.3, 0.4) is 0 Å². The molecule has 0 aliphatic carbocycles. The van der Waals surface area contributed by atoms with Crippen molar-refractivity contribution in [2.24, 2.45) is 0 Å². The molecule has 0 unspecified atom stereocenters. The highest BCUT2D eigenvalue weighted by Crippen LogP contribution is 2.22. The Morgan fingerprint density at radius 1 is 1.00 bits per heavy atom. The number of hydrogen-bond donors (Lipinski definition) is 1. The van der Waals surface area contributed by atoms with E-state index < -0.39 is 10.0 Å². The Morgan fingerprint density at radius 2 is 1.56 bits per heavy atom. The fraction of sp³-hybridized carbons (Fsp3) is 0.316. The summed E-state index contributed by atoms with van der Waals surface area (Å²) in [5.41, 5.74) is 1.10. The lowest BCUT2D eigenvalue weighted by atomic mass is 10.1. The zero-order valence-corrected chi connectivity index (χ0v) is 15.8. The molecule has 0 saturated carbocycles. The zero-order chi connectivity index (χ0) is 18.7. The minimum atomic E-state index is -3.60. The summed E-state index contributed by atoms with van der Waals surface area (Å²) in [4.78, 5) is 12.2. The molecule has 134 valence electrons. The lowest BCUT2D eigenvalue weighted by Crippen LogP contribution is -2.41. The summed E-state index contributed by atoms with van der Waals surface area (Å²) in [5.74, 6) is -0.0643. The van der Waals surface area contributed by atoms with Crippen LogP contribution in [0, 0.1) is 0 Å². The molecule has 5 nitrogen and oxygen atoms in total. The average molecular weight is 360 g/mol. The highest BCUT2D eigenvalue weighted by molar-refractivity contribution is 7.92. The van der Waals surface area contributed by atoms with Gasteiger partial charge in [0, 0.05) is 12.6 Å². The lowest BCUT2D eigenvalue weighted by molar-refractivity contribution is -0.121. The van der Waals surface area contributed by atoms with Crippen molar-refractivity contribution in [2.45, 2.75) is 37.6 Å². The Labute approximate surface area is 149 Å². The van der Waals surface area contributed by atoms with Crippen molar-refractivity contribution in [3.8, 4) is 0 Å². The number of sulfonamides is 1. The van der Waals surface area contributed by atoms with Crippen LogP contribution in [0.5, 0.6) is 0 Å². The number of amides is 1. The predicted octanol–water partition coefficient (Wildman–Crippen LogP) is 2.97. The molecule has 0 saturated heterocycles. The van der Waals surface area contributed by atoms with Gasteiger partial charge in [-0.25, -0.2) is 8.42 Å². The Morgan fingerprint density at radius 3 is 2.08 bits per heavy atom. The summed E-state index contributed by atoms with van der Waals surface area (Å²) >= 11 is 0. The van der Waals surface area contributed by atoms with Gasteiger partial charge in [-0.1, -0.05) is 30.3 Å². The van der Waals surface area contributed by atoms with Crippen LogP contribution in [-0.2, 0) is 21.2 Å². The maximum Gasteiger partial charge on any atom is 0.264 e. The summed E-state index contributed by atoms with van der Waals surface area (Å²) in [5, 5.41) is 2.91. The van der Waals surface area contributed by atoms with Crippen molar-refractivity contribution in [3.05, 3.63) is 60.2 Å². The highest BCUT2D eigenvalue weighted by atomic mass is 32.2. The van der Waals surface area contributed by atoms with Gasteiger partial charge in [0.2, 0.25) is 5.91 Å². The molecule has 1 amide bonds. The standard InChI is InChI=1S/C19H24N2O3S/c1-19(2,3)20-18(22)14-15-10-12-16(13-11-15)21(4)25(23,24)17-8-6-5-7-9-17/h5-13H,14H2,1-4H3,(H,20,22). The van der Waals surface area contributed by atoms with Gasteiger partial charge in [-0.05, 0) is 50.6 Å². The Bertz CT molecular complexity index is 823. The minimum absolute atomic E-state index is 0.0643. The number of benzene rings is 2. The fourth-order valence-corrected chi connectivity index (χ4v) is 3.58. The maximum absolute atomic E-state index is 12.6. The van der Waals surface area contributed by atoms with E-state index in [0.717, 1.165) is 5.56 Å². The predicted molar refractivity (Wildman–Crippen MR) is 100 cm³/mol. The van der Waals surface area contributed by atoms with E-state index >= 15 is 0 Å². The van der Waals surface area contributed by atoms with Gasteiger partial charge in [-0.2, -0.15) is 0 Å². The normalized spacial score (nSPS) is 11.8. The van der Waals surface area contributed by atoms with E-state index in [2.05, 4.69) is 5.32 Å². The topological polar surface area (TPSA) is 66.5 Å². The summed E-state index contributed by atoms with van der Waals surface area (Å²) < 4.78 is 26.5. The zero-order valence-electron chi connectivity index (χ0n) is 15.0. The highest BCUT2D eigenvalue weighted by Gasteiger charge is 2.21. The molecule has 0 atom stereocenters. The van der Waals surface area contributed by atoms with E-state index in [1.54, 1.807) is 54.6 Å². The molecule has 25 heavy (non-hydrogen) atoms. The van der Waals surface area contributed by atoms with E-state index in [9.17, 15) is 13.2 Å². The number of anilines is 1. The molecule has 0 heterocycles. The minimum Gasteiger partial charge on any atom is -0.351 e. The number of nitrogens with zero attached hydrogens (tertiary/aromatic N) is 1. The molecule has 1 N–H and O–H groups in total. The first-order valence-electron chi connectivity index (χ1n) is 8.03. The molecule has 2 rings (SSSR count). The molecule has 0 aromatic heterocycles. The molecule has 6 heteroatoms. The van der Waals surface area contributed by atoms with Gasteiger partial charge in [0.05, 0.1) is 17.0 Å². The summed E-state index contributed by atoms with van der Waals surface area (Å²) in [6.07, 6.45) is 0.257. The van der Waals surface area contributed by atoms with E-state index in [1.807, 2.05) is 20.8 Å². The van der Waals surface area contributed by atoms with Crippen molar-refractivity contribution in [2.75, 3.05) is 11.4 Å². The fourth-order valence-electron chi connectivity index (χ4n) is 2.36. The largest absolute Gasteiger partial charge is 0.351 e. The first kappa shape index (κ1) is 19.0. The summed E-state index contributed by atoms with van der Waals surface area (Å²) in [7, 11) is -2.08. The Balaban J connectivity index is 2.13. The van der Waals surface area contributed by atoms with E-state index in [4.69, 9.17) is 0 Å². The van der Waals surface area contributed by atoms with Crippen LogP contribution < -0.4 is 9.62 Å². The van der Waals surface area contributed by atoms with Crippen LogP contribution in [0.4, 0.5) is 5.69 Å². The third-order valence-corrected chi connectivity index (χ3v) is 5.38. The molecule has 0 fully saturated rings. The molecule has 2 aromatic carbocycles. The molecule has 0 aliphatic heterocycles. The third kappa shape index (κ3) is 5.06. The van der Waals surface area contributed by atoms with Gasteiger partial charge < -0.3 is 5.32 Å². The molecule has 0 aliphatic rings. The van der Waals surface area contributed by atoms with Crippen LogP contribution in [0.25, 0.3) is 0 Å². The molecule has 0 radical (unpaired) electrons. The van der Waals surface area contributed by atoms with Crippen LogP contribution in [0.15, 0.2) is 59.5 Å². The van der Waals surface area contributed by atoms with Crippen LogP contribution in [0.1, 0.15) is 26.3 Å². The second-order valence-electron chi connectivity index (χ2n) is 6.93. The summed E-state index contributed by atoms with van der Waals surface area (Å²) in [6, 6.07) is 15.3. The molecular formula is C19H24N2O3S. The first-order chi connectivity index (χ1) is 11.6. The lowest BCUT2D eigenvalue weighted by Gasteiger charge is -2.21. The van der Waals surface area contributed by atoms with E-state index in [1.165, 1.54) is 11.4 Å². The van der Waals surface area contributed by atoms with E-state index in [0.29, 0.717) is 5.69 Å². The smallest absolute Gasteiger partial charge is 0.264 e. The van der Waals surface area contributed by atoms with Crippen LogP contribution >= 0.6 is 0 Å². The summed E-state index contributed by atoms with van der Waals surface area (Å²) in [6.45, 7) is 5.78. The van der Waals surface area contributed by atoms with Gasteiger partial charge in [-0.15, -0.1) is 0 Å². The first-order valence-corrected chi connectivity index (χ1v) is 9.47. The number of rotatable bonds is 5. The van der Waals surface area contributed by atoms with Crippen LogP contribution in [0.2, 0.25) is 0 Å². The SMILES string of the molecule is CN(c1ccc(CC(=O)NC(C)(C)C)cc1)S(=O)(=O)c1ccccc1.